The highest BCUT2D eigenvalue weighted by atomic mass is 32.1. The van der Waals surface area contributed by atoms with Crippen LogP contribution in [-0.2, 0) is 4.79 Å². The minimum Gasteiger partial charge on any atom is -0.381 e. The predicted molar refractivity (Wildman–Crippen MR) is 103 cm³/mol. The maximum absolute atomic E-state index is 11.3. The molecule has 1 aromatic heterocycles. The number of hydrogen-bond acceptors (Lipinski definition) is 5. The fraction of sp³-hybridized carbons (Fsp3) is 0.350. The van der Waals surface area contributed by atoms with Crippen molar-refractivity contribution in [1.82, 2.24) is 15.6 Å². The third-order valence-electron chi connectivity index (χ3n) is 5.58. The molecule has 0 bridgehead atoms. The van der Waals surface area contributed by atoms with Gasteiger partial charge in [-0.1, -0.05) is 30.4 Å². The Balaban J connectivity index is 1.60. The summed E-state index contributed by atoms with van der Waals surface area (Å²) in [5, 5.41) is 6.74. The number of nitrogens with zero attached hydrogens (tertiary/aromatic N) is 2. The first kappa shape index (κ1) is 15.8. The summed E-state index contributed by atoms with van der Waals surface area (Å²) in [6, 6.07) is 0.297. The van der Waals surface area contributed by atoms with Gasteiger partial charge in [0.2, 0.25) is 5.91 Å². The number of thiazole rings is 1. The van der Waals surface area contributed by atoms with Gasteiger partial charge in [0, 0.05) is 53.6 Å². The molecule has 1 aromatic rings. The van der Waals surface area contributed by atoms with Gasteiger partial charge in [-0.15, -0.1) is 11.3 Å². The average molecular weight is 364 g/mol. The van der Waals surface area contributed by atoms with Crippen molar-refractivity contribution in [3.8, 4) is 0 Å². The van der Waals surface area contributed by atoms with Gasteiger partial charge in [-0.3, -0.25) is 9.79 Å². The van der Waals surface area contributed by atoms with Gasteiger partial charge in [0.15, 0.2) is 0 Å². The molecule has 2 N–H and O–H groups in total. The molecular formula is C20H20N4OS. The van der Waals surface area contributed by atoms with Crippen LogP contribution in [0.5, 0.6) is 0 Å². The Hall–Kier alpha value is -2.47. The summed E-state index contributed by atoms with van der Waals surface area (Å²) >= 11 is 1.69. The summed E-state index contributed by atoms with van der Waals surface area (Å²) in [5.41, 5.74) is 6.51. The molecular weight excluding hydrogens is 344 g/mol. The first-order valence-corrected chi connectivity index (χ1v) is 9.90. The minimum absolute atomic E-state index is 0.0146. The quantitative estimate of drug-likeness (QED) is 0.867. The molecule has 4 unspecified atom stereocenters. The van der Waals surface area contributed by atoms with Crippen molar-refractivity contribution in [2.24, 2.45) is 16.8 Å². The number of aliphatic imine (C=N–C) groups is 1. The second kappa shape index (κ2) is 6.06. The van der Waals surface area contributed by atoms with E-state index in [2.05, 4.69) is 46.0 Å². The molecule has 0 radical (unpaired) electrons. The highest BCUT2D eigenvalue weighted by molar-refractivity contribution is 7.10. The highest BCUT2D eigenvalue weighted by Gasteiger charge is 2.44. The number of allylic oxidation sites excluding steroid dienone is 5. The van der Waals surface area contributed by atoms with E-state index in [1.54, 1.807) is 18.3 Å². The molecule has 0 aromatic carbocycles. The summed E-state index contributed by atoms with van der Waals surface area (Å²) in [6.07, 6.45) is 13.8. The molecule has 0 saturated carbocycles. The number of amides is 1. The Labute approximate surface area is 156 Å². The van der Waals surface area contributed by atoms with Crippen LogP contribution in [0.3, 0.4) is 0 Å². The van der Waals surface area contributed by atoms with Gasteiger partial charge >= 0.3 is 0 Å². The lowest BCUT2D eigenvalue weighted by molar-refractivity contribution is -0.118. The zero-order valence-corrected chi connectivity index (χ0v) is 15.3. The summed E-state index contributed by atoms with van der Waals surface area (Å²) in [5.74, 6) is 0.966. The van der Waals surface area contributed by atoms with E-state index in [1.165, 1.54) is 16.1 Å². The zero-order valence-electron chi connectivity index (χ0n) is 14.5. The molecule has 5 rings (SSSR count). The maximum Gasteiger partial charge on any atom is 0.216 e. The number of fused-ring (bicyclic) bond motifs is 4. The average Bonchev–Trinajstić information content (AvgIpc) is 3.14. The number of hydrogen-bond donors (Lipinski definition) is 2. The van der Waals surface area contributed by atoms with E-state index >= 15 is 0 Å². The SMILES string of the molecule is CC(=O)NCCC1C2=C3C(=NC=CC3C3C=CC=CC3N2)c2ncsc21. The number of aromatic nitrogens is 1. The highest BCUT2D eigenvalue weighted by Crippen LogP contribution is 2.48. The molecule has 2 aliphatic carbocycles. The molecule has 4 aliphatic rings. The predicted octanol–water partition coefficient (Wildman–Crippen LogP) is 2.67. The van der Waals surface area contributed by atoms with E-state index in [9.17, 15) is 4.79 Å². The van der Waals surface area contributed by atoms with Gasteiger partial charge < -0.3 is 10.6 Å². The molecule has 5 nitrogen and oxygen atoms in total. The molecule has 4 atom stereocenters. The fourth-order valence-corrected chi connectivity index (χ4v) is 5.42. The molecule has 0 fully saturated rings. The van der Waals surface area contributed by atoms with Crippen LogP contribution in [0.15, 0.2) is 58.4 Å². The maximum atomic E-state index is 11.3. The summed E-state index contributed by atoms with van der Waals surface area (Å²) in [4.78, 5) is 21.9. The number of rotatable bonds is 3. The topological polar surface area (TPSA) is 66.4 Å². The lowest BCUT2D eigenvalue weighted by atomic mass is 9.68. The van der Waals surface area contributed by atoms with Crippen LogP contribution in [0, 0.1) is 11.8 Å². The first-order valence-electron chi connectivity index (χ1n) is 9.02. The smallest absolute Gasteiger partial charge is 0.216 e. The Morgan fingerprint density at radius 2 is 2.19 bits per heavy atom. The Morgan fingerprint density at radius 3 is 3.08 bits per heavy atom. The van der Waals surface area contributed by atoms with Crippen LogP contribution in [0.4, 0.5) is 0 Å². The van der Waals surface area contributed by atoms with Gasteiger partial charge in [0.05, 0.1) is 17.3 Å². The Morgan fingerprint density at radius 1 is 1.31 bits per heavy atom. The van der Waals surface area contributed by atoms with Crippen molar-refractivity contribution in [3.63, 3.8) is 0 Å². The molecule has 1 amide bonds. The lowest BCUT2D eigenvalue weighted by Crippen LogP contribution is -2.48. The molecule has 6 heteroatoms. The van der Waals surface area contributed by atoms with Crippen LogP contribution in [0.25, 0.3) is 0 Å². The van der Waals surface area contributed by atoms with Crippen LogP contribution >= 0.6 is 11.3 Å². The van der Waals surface area contributed by atoms with Gasteiger partial charge in [-0.05, 0) is 6.42 Å². The lowest BCUT2D eigenvalue weighted by Gasteiger charge is -2.44. The second-order valence-corrected chi connectivity index (χ2v) is 7.97. The molecule has 132 valence electrons. The first-order chi connectivity index (χ1) is 12.7. The molecule has 0 saturated heterocycles. The van der Waals surface area contributed by atoms with Gasteiger partial charge in [0.25, 0.3) is 0 Å². The largest absolute Gasteiger partial charge is 0.381 e. The standard InChI is InChI=1S/C20H20N4OS/c1-11(25)21-8-7-14-17-16-13(12-4-2-3-5-15(12)24-17)6-9-22-18(16)19-20(14)26-10-23-19/h2-6,9-10,12-15,24H,7-8H2,1H3,(H,21,25). The van der Waals surface area contributed by atoms with Crippen molar-refractivity contribution in [1.29, 1.82) is 0 Å². The third-order valence-corrected chi connectivity index (χ3v) is 6.52. The van der Waals surface area contributed by atoms with Crippen molar-refractivity contribution >= 4 is 23.0 Å². The van der Waals surface area contributed by atoms with Crippen LogP contribution < -0.4 is 10.6 Å². The van der Waals surface area contributed by atoms with Gasteiger partial charge in [-0.25, -0.2) is 4.98 Å². The summed E-state index contributed by atoms with van der Waals surface area (Å²) < 4.78 is 0. The number of carbonyl (C=O) groups excluding carboxylic acids is 1. The number of carbonyl (C=O) groups is 1. The minimum atomic E-state index is 0.0146. The summed E-state index contributed by atoms with van der Waals surface area (Å²) in [6.45, 7) is 2.23. The van der Waals surface area contributed by atoms with Crippen LogP contribution in [0.2, 0.25) is 0 Å². The van der Waals surface area contributed by atoms with E-state index in [-0.39, 0.29) is 11.8 Å². The van der Waals surface area contributed by atoms with Crippen molar-refractivity contribution in [2.75, 3.05) is 6.54 Å². The Kier molecular flexibility index (Phi) is 3.67. The molecule has 26 heavy (non-hydrogen) atoms. The van der Waals surface area contributed by atoms with Crippen molar-refractivity contribution in [2.45, 2.75) is 25.3 Å². The summed E-state index contributed by atoms with van der Waals surface area (Å²) in [7, 11) is 0. The van der Waals surface area contributed by atoms with E-state index < -0.39 is 0 Å². The van der Waals surface area contributed by atoms with E-state index in [1.807, 2.05) is 11.7 Å². The van der Waals surface area contributed by atoms with E-state index in [4.69, 9.17) is 4.99 Å². The van der Waals surface area contributed by atoms with Crippen molar-refractivity contribution < 1.29 is 4.79 Å². The third kappa shape index (κ3) is 2.32. The van der Waals surface area contributed by atoms with Gasteiger partial charge in [-0.2, -0.15) is 0 Å². The molecule has 3 heterocycles. The second-order valence-electron chi connectivity index (χ2n) is 7.08. The molecule has 0 spiro atoms. The van der Waals surface area contributed by atoms with E-state index in [0.717, 1.165) is 17.8 Å². The van der Waals surface area contributed by atoms with E-state index in [0.29, 0.717) is 24.4 Å². The van der Waals surface area contributed by atoms with Gasteiger partial charge in [0.1, 0.15) is 5.69 Å². The monoisotopic (exact) mass is 364 g/mol. The number of nitrogens with one attached hydrogen (secondary N) is 2. The normalized spacial score (nSPS) is 30.1. The van der Waals surface area contributed by atoms with Crippen LogP contribution in [0.1, 0.15) is 29.8 Å². The van der Waals surface area contributed by atoms with Crippen molar-refractivity contribution in [3.05, 3.63) is 63.9 Å². The Bertz CT molecular complexity index is 920. The fourth-order valence-electron chi connectivity index (χ4n) is 4.49. The van der Waals surface area contributed by atoms with Crippen LogP contribution in [-0.4, -0.2) is 29.2 Å². The molecule has 2 aliphatic heterocycles. The zero-order chi connectivity index (χ0) is 17.7.